The van der Waals surface area contributed by atoms with Crippen molar-refractivity contribution in [2.45, 2.75) is 45.8 Å². The summed E-state index contributed by atoms with van der Waals surface area (Å²) in [5, 5.41) is 11.5. The zero-order valence-corrected chi connectivity index (χ0v) is 10.1. The van der Waals surface area contributed by atoms with Crippen LogP contribution in [-0.4, -0.2) is 36.9 Å². The van der Waals surface area contributed by atoms with Crippen LogP contribution in [-0.2, 0) is 9.53 Å². The van der Waals surface area contributed by atoms with Crippen LogP contribution < -0.4 is 5.32 Å². The van der Waals surface area contributed by atoms with E-state index in [2.05, 4.69) is 19.2 Å². The van der Waals surface area contributed by atoms with E-state index in [9.17, 15) is 4.79 Å². The van der Waals surface area contributed by atoms with E-state index in [4.69, 9.17) is 9.84 Å². The largest absolute Gasteiger partial charge is 0.480 e. The number of carbonyl (C=O) groups is 1. The third-order valence-corrected chi connectivity index (χ3v) is 2.26. The van der Waals surface area contributed by atoms with Crippen LogP contribution in [0.5, 0.6) is 0 Å². The summed E-state index contributed by atoms with van der Waals surface area (Å²) >= 11 is 0. The summed E-state index contributed by atoms with van der Waals surface area (Å²) in [6, 6.07) is -0.503. The van der Waals surface area contributed by atoms with Crippen molar-refractivity contribution in [3.05, 3.63) is 0 Å². The third-order valence-electron chi connectivity index (χ3n) is 2.26. The maximum atomic E-state index is 10.7. The van der Waals surface area contributed by atoms with Crippen LogP contribution in [0, 0.1) is 5.92 Å². The van der Waals surface area contributed by atoms with Gasteiger partial charge in [-0.15, -0.1) is 0 Å². The maximum Gasteiger partial charge on any atom is 0.320 e. The van der Waals surface area contributed by atoms with Gasteiger partial charge in [0.2, 0.25) is 0 Å². The molecule has 0 amide bonds. The fourth-order valence-electron chi connectivity index (χ4n) is 1.51. The van der Waals surface area contributed by atoms with Gasteiger partial charge >= 0.3 is 5.97 Å². The Balaban J connectivity index is 3.63. The Morgan fingerprint density at radius 2 is 2.00 bits per heavy atom. The minimum atomic E-state index is -0.822. The molecule has 0 radical (unpaired) electrons. The summed E-state index contributed by atoms with van der Waals surface area (Å²) in [5.41, 5.74) is 0. The Labute approximate surface area is 92.0 Å². The summed E-state index contributed by atoms with van der Waals surface area (Å²) in [5.74, 6) is -0.211. The van der Waals surface area contributed by atoms with Crippen LogP contribution in [0.4, 0.5) is 0 Å². The lowest BCUT2D eigenvalue weighted by atomic mass is 10.1. The molecule has 0 spiro atoms. The van der Waals surface area contributed by atoms with Crippen LogP contribution in [0.25, 0.3) is 0 Å². The van der Waals surface area contributed by atoms with Crippen LogP contribution in [0.2, 0.25) is 0 Å². The predicted molar refractivity (Wildman–Crippen MR) is 60.0 cm³/mol. The van der Waals surface area contributed by atoms with Crippen molar-refractivity contribution in [1.82, 2.24) is 5.32 Å². The smallest absolute Gasteiger partial charge is 0.320 e. The van der Waals surface area contributed by atoms with Gasteiger partial charge in [-0.3, -0.25) is 4.79 Å². The lowest BCUT2D eigenvalue weighted by Gasteiger charge is -2.17. The molecule has 0 saturated carbocycles. The maximum absolute atomic E-state index is 10.7. The van der Waals surface area contributed by atoms with Gasteiger partial charge in [-0.05, 0) is 32.7 Å². The summed E-state index contributed by atoms with van der Waals surface area (Å²) in [7, 11) is 1.65. The molecule has 0 heterocycles. The molecule has 0 aliphatic carbocycles. The van der Waals surface area contributed by atoms with Crippen molar-refractivity contribution >= 4 is 5.97 Å². The topological polar surface area (TPSA) is 58.6 Å². The Morgan fingerprint density at radius 1 is 1.40 bits per heavy atom. The van der Waals surface area contributed by atoms with Gasteiger partial charge in [0.1, 0.15) is 6.04 Å². The van der Waals surface area contributed by atoms with E-state index < -0.39 is 12.0 Å². The summed E-state index contributed by atoms with van der Waals surface area (Å²) in [4.78, 5) is 10.7. The molecule has 0 aromatic carbocycles. The second kappa shape index (κ2) is 7.65. The van der Waals surface area contributed by atoms with E-state index in [-0.39, 0.29) is 6.10 Å². The molecule has 90 valence electrons. The number of aliphatic carboxylic acids is 1. The molecule has 4 heteroatoms. The van der Waals surface area contributed by atoms with Gasteiger partial charge < -0.3 is 15.2 Å². The Kier molecular flexibility index (Phi) is 7.34. The van der Waals surface area contributed by atoms with E-state index in [0.717, 1.165) is 6.42 Å². The van der Waals surface area contributed by atoms with Crippen LogP contribution in [0.1, 0.15) is 33.6 Å². The zero-order chi connectivity index (χ0) is 11.8. The summed E-state index contributed by atoms with van der Waals surface area (Å²) in [6.45, 7) is 6.81. The molecule has 0 saturated heterocycles. The highest BCUT2D eigenvalue weighted by atomic mass is 16.5. The molecule has 0 fully saturated rings. The van der Waals surface area contributed by atoms with Crippen LogP contribution in [0.15, 0.2) is 0 Å². The quantitative estimate of drug-likeness (QED) is 0.647. The molecule has 4 nitrogen and oxygen atoms in total. The van der Waals surface area contributed by atoms with Crippen LogP contribution >= 0.6 is 0 Å². The van der Waals surface area contributed by atoms with Gasteiger partial charge in [-0.25, -0.2) is 0 Å². The molecule has 2 unspecified atom stereocenters. The highest BCUT2D eigenvalue weighted by Crippen LogP contribution is 2.08. The highest BCUT2D eigenvalue weighted by Gasteiger charge is 2.14. The summed E-state index contributed by atoms with van der Waals surface area (Å²) in [6.07, 6.45) is 1.72. The molecule has 0 aliphatic heterocycles. The average Bonchev–Trinajstić information content (AvgIpc) is 2.10. The van der Waals surface area contributed by atoms with Crippen molar-refractivity contribution in [1.29, 1.82) is 0 Å². The molecular formula is C11H23NO3. The average molecular weight is 217 g/mol. The first kappa shape index (κ1) is 14.4. The molecule has 0 bridgehead atoms. The van der Waals surface area contributed by atoms with Gasteiger partial charge in [0.15, 0.2) is 0 Å². The van der Waals surface area contributed by atoms with E-state index in [0.29, 0.717) is 18.9 Å². The van der Waals surface area contributed by atoms with E-state index in [1.807, 2.05) is 6.92 Å². The van der Waals surface area contributed by atoms with Crippen molar-refractivity contribution in [3.8, 4) is 0 Å². The van der Waals surface area contributed by atoms with Gasteiger partial charge in [0.05, 0.1) is 6.10 Å². The number of carboxylic acids is 1. The number of hydrogen-bond acceptors (Lipinski definition) is 3. The van der Waals surface area contributed by atoms with Crippen LogP contribution in [0.3, 0.4) is 0 Å². The molecule has 2 atom stereocenters. The predicted octanol–water partition coefficient (Wildman–Crippen LogP) is 1.50. The Hall–Kier alpha value is -0.610. The fourth-order valence-corrected chi connectivity index (χ4v) is 1.51. The number of likely N-dealkylation sites (N-methyl/N-ethyl adjacent to an activating group) is 1. The first-order chi connectivity index (χ1) is 6.97. The van der Waals surface area contributed by atoms with Crippen molar-refractivity contribution in [3.63, 3.8) is 0 Å². The Bertz CT molecular complexity index is 183. The standard InChI is InChI=1S/C11H23NO3/c1-8(2)7-9(3)15-6-5-10(12-4)11(13)14/h8-10,12H,5-7H2,1-4H3,(H,13,14). The minimum Gasteiger partial charge on any atom is -0.480 e. The molecule has 15 heavy (non-hydrogen) atoms. The Morgan fingerprint density at radius 3 is 2.40 bits per heavy atom. The molecular weight excluding hydrogens is 194 g/mol. The molecule has 0 aromatic heterocycles. The lowest BCUT2D eigenvalue weighted by Crippen LogP contribution is -2.35. The van der Waals surface area contributed by atoms with Gasteiger partial charge in [0, 0.05) is 6.61 Å². The van der Waals surface area contributed by atoms with Crippen molar-refractivity contribution in [2.24, 2.45) is 5.92 Å². The first-order valence-corrected chi connectivity index (χ1v) is 5.49. The minimum absolute atomic E-state index is 0.205. The highest BCUT2D eigenvalue weighted by molar-refractivity contribution is 5.73. The molecule has 0 aliphatic rings. The normalized spacial score (nSPS) is 15.3. The van der Waals surface area contributed by atoms with E-state index in [1.165, 1.54) is 0 Å². The van der Waals surface area contributed by atoms with Gasteiger partial charge in [-0.2, -0.15) is 0 Å². The number of nitrogens with one attached hydrogen (secondary N) is 1. The second-order valence-corrected chi connectivity index (χ2v) is 4.28. The monoisotopic (exact) mass is 217 g/mol. The van der Waals surface area contributed by atoms with Gasteiger partial charge in [-0.1, -0.05) is 13.8 Å². The zero-order valence-electron chi connectivity index (χ0n) is 10.1. The molecule has 0 rings (SSSR count). The SMILES string of the molecule is CNC(CCOC(C)CC(C)C)C(=O)O. The molecule has 0 aromatic rings. The van der Waals surface area contributed by atoms with E-state index >= 15 is 0 Å². The van der Waals surface area contributed by atoms with Crippen molar-refractivity contribution in [2.75, 3.05) is 13.7 Å². The van der Waals surface area contributed by atoms with E-state index in [1.54, 1.807) is 7.05 Å². The molecule has 2 N–H and O–H groups in total. The fraction of sp³-hybridized carbons (Fsp3) is 0.909. The number of carboxylic acid groups (broad SMARTS) is 1. The number of hydrogen-bond donors (Lipinski definition) is 2. The van der Waals surface area contributed by atoms with Crippen molar-refractivity contribution < 1.29 is 14.6 Å². The second-order valence-electron chi connectivity index (χ2n) is 4.28. The third kappa shape index (κ3) is 7.33. The lowest BCUT2D eigenvalue weighted by molar-refractivity contribution is -0.140. The van der Waals surface area contributed by atoms with Gasteiger partial charge in [0.25, 0.3) is 0 Å². The number of ether oxygens (including phenoxy) is 1. The first-order valence-electron chi connectivity index (χ1n) is 5.49. The number of rotatable bonds is 8. The summed E-state index contributed by atoms with van der Waals surface area (Å²) < 4.78 is 5.53.